The van der Waals surface area contributed by atoms with Crippen molar-refractivity contribution in [1.29, 1.82) is 0 Å². The van der Waals surface area contributed by atoms with Crippen LogP contribution in [-0.4, -0.2) is 12.8 Å². The van der Waals surface area contributed by atoms with Crippen LogP contribution in [0.1, 0.15) is 32.3 Å². The normalized spacial score (nSPS) is 22.6. The minimum atomic E-state index is -0.905. The summed E-state index contributed by atoms with van der Waals surface area (Å²) in [5, 5.41) is 0. The Bertz CT molecular complexity index is 518. The summed E-state index contributed by atoms with van der Waals surface area (Å²) in [7, 11) is 0. The maximum Gasteiger partial charge on any atom is 0.128 e. The van der Waals surface area contributed by atoms with E-state index in [4.69, 9.17) is 4.74 Å². The van der Waals surface area contributed by atoms with Gasteiger partial charge in [-0.05, 0) is 36.1 Å². The molecule has 0 N–H and O–H groups in total. The molecule has 1 aromatic carbocycles. The molecule has 1 atom stereocenters. The van der Waals surface area contributed by atoms with E-state index in [9.17, 15) is 4.39 Å². The zero-order chi connectivity index (χ0) is 15.1. The van der Waals surface area contributed by atoms with Crippen molar-refractivity contribution >= 4 is 5.57 Å². The van der Waals surface area contributed by atoms with Gasteiger partial charge in [0.05, 0.1) is 12.9 Å². The second kappa shape index (κ2) is 7.26. The van der Waals surface area contributed by atoms with Crippen LogP contribution in [0.15, 0.2) is 60.9 Å². The van der Waals surface area contributed by atoms with Crippen molar-refractivity contribution in [1.82, 2.24) is 0 Å². The average molecular weight is 286 g/mol. The second-order valence-electron chi connectivity index (χ2n) is 5.84. The van der Waals surface area contributed by atoms with Gasteiger partial charge in [0, 0.05) is 5.41 Å². The molecule has 1 aromatic rings. The van der Waals surface area contributed by atoms with Crippen molar-refractivity contribution in [3.8, 4) is 0 Å². The predicted molar refractivity (Wildman–Crippen MR) is 86.6 cm³/mol. The zero-order valence-corrected chi connectivity index (χ0v) is 12.8. The number of benzene rings is 1. The number of allylic oxidation sites excluding steroid dienone is 5. The molecular weight excluding hydrogens is 263 g/mol. The van der Waals surface area contributed by atoms with Crippen molar-refractivity contribution in [2.45, 2.75) is 32.9 Å². The van der Waals surface area contributed by atoms with Gasteiger partial charge in [-0.3, -0.25) is 0 Å². The molecule has 0 saturated carbocycles. The Labute approximate surface area is 126 Å². The van der Waals surface area contributed by atoms with Crippen molar-refractivity contribution in [2.75, 3.05) is 6.61 Å². The van der Waals surface area contributed by atoms with E-state index in [1.165, 1.54) is 12.8 Å². The summed E-state index contributed by atoms with van der Waals surface area (Å²) in [5.41, 5.74) is 1.74. The summed E-state index contributed by atoms with van der Waals surface area (Å²) >= 11 is 0. The fourth-order valence-electron chi connectivity index (χ4n) is 2.43. The Balaban J connectivity index is 0.000000225. The number of hydrogen-bond acceptors (Lipinski definition) is 1. The van der Waals surface area contributed by atoms with Crippen molar-refractivity contribution in [3.05, 3.63) is 66.5 Å². The van der Waals surface area contributed by atoms with Crippen LogP contribution < -0.4 is 0 Å². The molecular formula is C19H23FO. The van der Waals surface area contributed by atoms with Gasteiger partial charge in [0.15, 0.2) is 0 Å². The van der Waals surface area contributed by atoms with Gasteiger partial charge in [0.25, 0.3) is 0 Å². The first-order chi connectivity index (χ1) is 10.1. The van der Waals surface area contributed by atoms with Crippen LogP contribution in [0.25, 0.3) is 5.57 Å². The van der Waals surface area contributed by atoms with E-state index in [0.717, 1.165) is 17.7 Å². The highest BCUT2D eigenvalue weighted by atomic mass is 19.1. The molecule has 1 unspecified atom stereocenters. The van der Waals surface area contributed by atoms with E-state index in [1.807, 2.05) is 56.3 Å². The molecule has 1 aliphatic heterocycles. The highest BCUT2D eigenvalue weighted by Crippen LogP contribution is 2.41. The molecule has 1 aliphatic carbocycles. The third-order valence-electron chi connectivity index (χ3n) is 3.84. The van der Waals surface area contributed by atoms with Gasteiger partial charge in [-0.2, -0.15) is 0 Å². The third-order valence-corrected chi connectivity index (χ3v) is 3.84. The smallest absolute Gasteiger partial charge is 0.128 e. The lowest BCUT2D eigenvalue weighted by Crippen LogP contribution is -2.27. The van der Waals surface area contributed by atoms with Gasteiger partial charge < -0.3 is 4.74 Å². The maximum absolute atomic E-state index is 13.8. The first-order valence-corrected chi connectivity index (χ1v) is 7.47. The molecule has 0 bridgehead atoms. The molecule has 0 radical (unpaired) electrons. The van der Waals surface area contributed by atoms with Crippen LogP contribution >= 0.6 is 0 Å². The molecule has 0 amide bonds. The third kappa shape index (κ3) is 4.07. The Morgan fingerprint density at radius 2 is 1.95 bits per heavy atom. The fourth-order valence-corrected chi connectivity index (χ4v) is 2.43. The first-order valence-electron chi connectivity index (χ1n) is 7.47. The first kappa shape index (κ1) is 15.6. The maximum atomic E-state index is 13.8. The van der Waals surface area contributed by atoms with Gasteiger partial charge in [-0.1, -0.05) is 56.3 Å². The lowest BCUT2D eigenvalue weighted by atomic mass is 9.74. The number of ether oxygens (including phenoxy) is 1. The fraction of sp³-hybridized carbons (Fsp3) is 0.368. The SMILES string of the molecule is C1=COCCC1.CC1(C)C(c2ccccc2)=CC=CC1F. The van der Waals surface area contributed by atoms with Gasteiger partial charge in [0.1, 0.15) is 6.17 Å². The molecule has 0 fully saturated rings. The summed E-state index contributed by atoms with van der Waals surface area (Å²) < 4.78 is 18.7. The van der Waals surface area contributed by atoms with E-state index < -0.39 is 11.6 Å². The van der Waals surface area contributed by atoms with Crippen LogP contribution in [0.3, 0.4) is 0 Å². The van der Waals surface area contributed by atoms with Crippen LogP contribution in [0.2, 0.25) is 0 Å². The molecule has 112 valence electrons. The monoisotopic (exact) mass is 286 g/mol. The quantitative estimate of drug-likeness (QED) is 0.679. The molecule has 0 saturated heterocycles. The number of halogens is 1. The van der Waals surface area contributed by atoms with Crippen LogP contribution in [0.4, 0.5) is 4.39 Å². The minimum Gasteiger partial charge on any atom is -0.502 e. The van der Waals surface area contributed by atoms with Crippen LogP contribution in [0, 0.1) is 5.41 Å². The summed E-state index contributed by atoms with van der Waals surface area (Å²) in [6, 6.07) is 10.00. The molecule has 21 heavy (non-hydrogen) atoms. The minimum absolute atomic E-state index is 0.434. The van der Waals surface area contributed by atoms with E-state index in [-0.39, 0.29) is 0 Å². The zero-order valence-electron chi connectivity index (χ0n) is 12.8. The molecule has 0 aromatic heterocycles. The summed E-state index contributed by atoms with van der Waals surface area (Å²) in [4.78, 5) is 0. The number of hydrogen-bond donors (Lipinski definition) is 0. The Kier molecular flexibility index (Phi) is 5.38. The summed E-state index contributed by atoms with van der Waals surface area (Å²) in [6.45, 7) is 4.80. The molecule has 2 heteroatoms. The van der Waals surface area contributed by atoms with Crippen molar-refractivity contribution < 1.29 is 9.13 Å². The lowest BCUT2D eigenvalue weighted by Gasteiger charge is -2.32. The van der Waals surface area contributed by atoms with Gasteiger partial charge in [-0.25, -0.2) is 4.39 Å². The molecule has 1 heterocycles. The van der Waals surface area contributed by atoms with Gasteiger partial charge >= 0.3 is 0 Å². The Hall–Kier alpha value is -1.83. The van der Waals surface area contributed by atoms with Gasteiger partial charge in [0.2, 0.25) is 0 Å². The van der Waals surface area contributed by atoms with E-state index in [2.05, 4.69) is 0 Å². The number of rotatable bonds is 1. The van der Waals surface area contributed by atoms with Crippen LogP contribution in [-0.2, 0) is 4.74 Å². The molecule has 2 aliphatic rings. The molecule has 1 nitrogen and oxygen atoms in total. The van der Waals surface area contributed by atoms with Crippen molar-refractivity contribution in [2.24, 2.45) is 5.41 Å². The Morgan fingerprint density at radius 1 is 1.19 bits per heavy atom. The lowest BCUT2D eigenvalue weighted by molar-refractivity contribution is 0.231. The standard InChI is InChI=1S/C14H15F.C5H8O/c1-14(2)12(9-6-10-13(14)15)11-7-4-3-5-8-11;1-2-4-6-5-3-1/h3-10,13H,1-2H3;2,4H,1,3,5H2. The summed E-state index contributed by atoms with van der Waals surface area (Å²) in [5.74, 6) is 0. The highest BCUT2D eigenvalue weighted by molar-refractivity contribution is 5.73. The second-order valence-corrected chi connectivity index (χ2v) is 5.84. The molecule has 3 rings (SSSR count). The Morgan fingerprint density at radius 3 is 2.48 bits per heavy atom. The van der Waals surface area contributed by atoms with Gasteiger partial charge in [-0.15, -0.1) is 0 Å². The van der Waals surface area contributed by atoms with E-state index >= 15 is 0 Å². The van der Waals surface area contributed by atoms with Crippen LogP contribution in [0.5, 0.6) is 0 Å². The largest absolute Gasteiger partial charge is 0.502 e. The van der Waals surface area contributed by atoms with E-state index in [1.54, 1.807) is 18.4 Å². The van der Waals surface area contributed by atoms with E-state index in [0.29, 0.717) is 0 Å². The highest BCUT2D eigenvalue weighted by Gasteiger charge is 2.33. The summed E-state index contributed by atoms with van der Waals surface area (Å²) in [6.07, 6.45) is 10.7. The number of alkyl halides is 1. The van der Waals surface area contributed by atoms with Crippen molar-refractivity contribution in [3.63, 3.8) is 0 Å². The topological polar surface area (TPSA) is 9.23 Å². The molecule has 0 spiro atoms. The predicted octanol–water partition coefficient (Wildman–Crippen LogP) is 5.31. The average Bonchev–Trinajstić information content (AvgIpc) is 2.53.